The molecule has 0 bridgehead atoms. The first-order valence-corrected chi connectivity index (χ1v) is 7.45. The first kappa shape index (κ1) is 14.4. The lowest BCUT2D eigenvalue weighted by Crippen LogP contribution is -2.26. The summed E-state index contributed by atoms with van der Waals surface area (Å²) in [6, 6.07) is 30.3. The van der Waals surface area contributed by atoms with E-state index in [9.17, 15) is 5.11 Å². The van der Waals surface area contributed by atoms with Gasteiger partial charge in [-0.1, -0.05) is 66.7 Å². The fraction of sp³-hybridized carbons (Fsp3) is 0.100. The van der Waals surface area contributed by atoms with Crippen LogP contribution in [0.3, 0.4) is 0 Å². The van der Waals surface area contributed by atoms with Crippen molar-refractivity contribution in [1.82, 2.24) is 0 Å². The SMILES string of the molecule is OC[C@H](c1ccccc1)N(c1ccccc1)c1ccccc1. The van der Waals surface area contributed by atoms with Crippen LogP contribution in [0, 0.1) is 0 Å². The molecule has 0 fully saturated rings. The minimum absolute atomic E-state index is 0.0494. The number of rotatable bonds is 5. The van der Waals surface area contributed by atoms with Crippen LogP contribution < -0.4 is 4.90 Å². The summed E-state index contributed by atoms with van der Waals surface area (Å²) in [6.07, 6.45) is 0. The molecule has 0 aliphatic rings. The van der Waals surface area contributed by atoms with Gasteiger partial charge >= 0.3 is 0 Å². The standard InChI is InChI=1S/C20H19NO/c22-16-20(17-10-4-1-5-11-17)21(18-12-6-2-7-13-18)19-14-8-3-9-15-19/h1-15,20,22H,16H2/t20-/m1/s1. The summed E-state index contributed by atoms with van der Waals surface area (Å²) >= 11 is 0. The zero-order chi connectivity index (χ0) is 15.2. The molecule has 0 heterocycles. The van der Waals surface area contributed by atoms with Crippen LogP contribution in [0.4, 0.5) is 11.4 Å². The largest absolute Gasteiger partial charge is 0.394 e. The van der Waals surface area contributed by atoms with E-state index in [1.165, 1.54) is 0 Å². The van der Waals surface area contributed by atoms with Crippen LogP contribution in [0.25, 0.3) is 0 Å². The van der Waals surface area contributed by atoms with E-state index in [1.807, 2.05) is 54.6 Å². The lowest BCUT2D eigenvalue weighted by atomic mass is 10.0. The second-order valence-corrected chi connectivity index (χ2v) is 5.15. The van der Waals surface area contributed by atoms with Crippen LogP contribution in [0.5, 0.6) is 0 Å². The van der Waals surface area contributed by atoms with E-state index < -0.39 is 0 Å². The van der Waals surface area contributed by atoms with E-state index in [4.69, 9.17) is 0 Å². The first-order valence-electron chi connectivity index (χ1n) is 7.45. The van der Waals surface area contributed by atoms with E-state index in [-0.39, 0.29) is 12.6 Å². The Balaban J connectivity index is 2.09. The van der Waals surface area contributed by atoms with Gasteiger partial charge in [0.1, 0.15) is 0 Å². The van der Waals surface area contributed by atoms with Gasteiger partial charge in [0.25, 0.3) is 0 Å². The highest BCUT2D eigenvalue weighted by Gasteiger charge is 2.21. The van der Waals surface area contributed by atoms with E-state index in [0.717, 1.165) is 16.9 Å². The number of anilines is 2. The molecule has 0 spiro atoms. The topological polar surface area (TPSA) is 23.5 Å². The molecule has 1 N–H and O–H groups in total. The maximum Gasteiger partial charge on any atom is 0.0822 e. The van der Waals surface area contributed by atoms with Gasteiger partial charge in [0.2, 0.25) is 0 Å². The van der Waals surface area contributed by atoms with Crippen molar-refractivity contribution in [2.45, 2.75) is 6.04 Å². The Hall–Kier alpha value is -2.58. The van der Waals surface area contributed by atoms with Gasteiger partial charge in [-0.25, -0.2) is 0 Å². The Morgan fingerprint density at radius 2 is 1.05 bits per heavy atom. The zero-order valence-corrected chi connectivity index (χ0v) is 12.3. The van der Waals surface area contributed by atoms with Crippen molar-refractivity contribution in [2.24, 2.45) is 0 Å². The number of nitrogens with zero attached hydrogens (tertiary/aromatic N) is 1. The van der Waals surface area contributed by atoms with Crippen molar-refractivity contribution >= 4 is 11.4 Å². The summed E-state index contributed by atoms with van der Waals surface area (Å²) in [7, 11) is 0. The Kier molecular flexibility index (Phi) is 4.52. The van der Waals surface area contributed by atoms with Crippen LogP contribution in [0.1, 0.15) is 11.6 Å². The fourth-order valence-corrected chi connectivity index (χ4v) is 2.70. The van der Waals surface area contributed by atoms with Crippen molar-refractivity contribution in [3.63, 3.8) is 0 Å². The van der Waals surface area contributed by atoms with Gasteiger partial charge in [-0.05, 0) is 29.8 Å². The number of benzene rings is 3. The molecule has 0 unspecified atom stereocenters. The van der Waals surface area contributed by atoms with Crippen molar-refractivity contribution in [2.75, 3.05) is 11.5 Å². The van der Waals surface area contributed by atoms with Gasteiger partial charge in [-0.15, -0.1) is 0 Å². The fourth-order valence-electron chi connectivity index (χ4n) is 2.70. The summed E-state index contributed by atoms with van der Waals surface area (Å²) in [6.45, 7) is 0.0494. The maximum absolute atomic E-state index is 10.0. The molecule has 0 aromatic heterocycles. The molecule has 3 aromatic carbocycles. The molecule has 3 rings (SSSR count). The quantitative estimate of drug-likeness (QED) is 0.744. The third-order valence-electron chi connectivity index (χ3n) is 3.74. The van der Waals surface area contributed by atoms with Crippen LogP contribution in [-0.4, -0.2) is 11.7 Å². The Morgan fingerprint density at radius 3 is 1.45 bits per heavy atom. The number of aliphatic hydroxyl groups excluding tert-OH is 1. The van der Waals surface area contributed by atoms with Gasteiger partial charge in [0.05, 0.1) is 12.6 Å². The normalized spacial score (nSPS) is 11.9. The molecule has 0 saturated heterocycles. The summed E-state index contributed by atoms with van der Waals surface area (Å²) in [5, 5.41) is 10.0. The molecule has 0 aliphatic heterocycles. The maximum atomic E-state index is 10.0. The highest BCUT2D eigenvalue weighted by Crippen LogP contribution is 2.34. The smallest absolute Gasteiger partial charge is 0.0822 e. The van der Waals surface area contributed by atoms with E-state index in [2.05, 4.69) is 41.3 Å². The monoisotopic (exact) mass is 289 g/mol. The summed E-state index contributed by atoms with van der Waals surface area (Å²) in [5.74, 6) is 0. The van der Waals surface area contributed by atoms with Gasteiger partial charge in [-0.3, -0.25) is 0 Å². The van der Waals surface area contributed by atoms with Gasteiger partial charge in [-0.2, -0.15) is 0 Å². The number of aliphatic hydroxyl groups is 1. The number of para-hydroxylation sites is 2. The predicted molar refractivity (Wildman–Crippen MR) is 91.3 cm³/mol. The van der Waals surface area contributed by atoms with Crippen LogP contribution in [0.15, 0.2) is 91.0 Å². The molecule has 2 heteroatoms. The van der Waals surface area contributed by atoms with Crippen molar-refractivity contribution in [1.29, 1.82) is 0 Å². The highest BCUT2D eigenvalue weighted by atomic mass is 16.3. The Morgan fingerprint density at radius 1 is 0.636 bits per heavy atom. The molecule has 0 radical (unpaired) electrons. The minimum Gasteiger partial charge on any atom is -0.394 e. The van der Waals surface area contributed by atoms with E-state index in [0.29, 0.717) is 0 Å². The third-order valence-corrected chi connectivity index (χ3v) is 3.74. The summed E-state index contributed by atoms with van der Waals surface area (Å²) in [4.78, 5) is 2.18. The Labute approximate surface area is 131 Å². The average Bonchev–Trinajstić information content (AvgIpc) is 2.62. The highest BCUT2D eigenvalue weighted by molar-refractivity contribution is 5.65. The van der Waals surface area contributed by atoms with Crippen LogP contribution >= 0.6 is 0 Å². The molecule has 22 heavy (non-hydrogen) atoms. The molecular formula is C20H19NO. The zero-order valence-electron chi connectivity index (χ0n) is 12.3. The molecule has 0 aliphatic carbocycles. The van der Waals surface area contributed by atoms with Gasteiger partial charge in [0.15, 0.2) is 0 Å². The molecular weight excluding hydrogens is 270 g/mol. The first-order chi connectivity index (χ1) is 10.9. The van der Waals surface area contributed by atoms with Gasteiger partial charge < -0.3 is 10.0 Å². The van der Waals surface area contributed by atoms with E-state index in [1.54, 1.807) is 0 Å². The van der Waals surface area contributed by atoms with Crippen LogP contribution in [-0.2, 0) is 0 Å². The molecule has 0 saturated carbocycles. The second-order valence-electron chi connectivity index (χ2n) is 5.15. The number of hydrogen-bond acceptors (Lipinski definition) is 2. The summed E-state index contributed by atoms with van der Waals surface area (Å²) < 4.78 is 0. The molecule has 1 atom stereocenters. The average molecular weight is 289 g/mol. The molecule has 3 aromatic rings. The molecule has 0 amide bonds. The van der Waals surface area contributed by atoms with Crippen LogP contribution in [0.2, 0.25) is 0 Å². The second kappa shape index (κ2) is 6.92. The van der Waals surface area contributed by atoms with Crippen molar-refractivity contribution in [3.8, 4) is 0 Å². The Bertz CT molecular complexity index is 643. The third kappa shape index (κ3) is 3.02. The van der Waals surface area contributed by atoms with Gasteiger partial charge in [0, 0.05) is 11.4 Å². The van der Waals surface area contributed by atoms with Crippen molar-refractivity contribution < 1.29 is 5.11 Å². The molecule has 110 valence electrons. The van der Waals surface area contributed by atoms with Crippen molar-refractivity contribution in [3.05, 3.63) is 96.6 Å². The number of hydrogen-bond donors (Lipinski definition) is 1. The lowest BCUT2D eigenvalue weighted by Gasteiger charge is -2.33. The summed E-state index contributed by atoms with van der Waals surface area (Å²) in [5.41, 5.74) is 3.23. The molecule has 2 nitrogen and oxygen atoms in total. The van der Waals surface area contributed by atoms with E-state index >= 15 is 0 Å². The predicted octanol–water partition coefficient (Wildman–Crippen LogP) is 4.56. The minimum atomic E-state index is -0.119. The lowest BCUT2D eigenvalue weighted by molar-refractivity contribution is 0.267.